The molecule has 0 fully saturated rings. The minimum absolute atomic E-state index is 0.124. The molecule has 0 aliphatic heterocycles. The maximum absolute atomic E-state index is 10.5. The van der Waals surface area contributed by atoms with Gasteiger partial charge in [0.1, 0.15) is 0 Å². The standard InChI is InChI=1S/C16H22N4O/c1-10(16(2,3)4)18-9-15(21)12-5-11(7-17)6-14-13(12)8-19-20-14/h5-6,8,10,15,18,21H,9H2,1-4H3,(H,19,20)/t10-,15-/m0/s1. The summed E-state index contributed by atoms with van der Waals surface area (Å²) in [6, 6.07) is 5.85. The van der Waals surface area contributed by atoms with Gasteiger partial charge in [-0.05, 0) is 30.0 Å². The van der Waals surface area contributed by atoms with E-state index in [-0.39, 0.29) is 11.5 Å². The molecule has 0 saturated heterocycles. The summed E-state index contributed by atoms with van der Waals surface area (Å²) in [6.07, 6.45) is 1.01. The minimum Gasteiger partial charge on any atom is -0.387 e. The Morgan fingerprint density at radius 1 is 1.43 bits per heavy atom. The van der Waals surface area contributed by atoms with Gasteiger partial charge in [-0.3, -0.25) is 5.10 Å². The molecule has 0 aliphatic rings. The molecule has 0 bridgehead atoms. The fourth-order valence-electron chi connectivity index (χ4n) is 2.12. The summed E-state index contributed by atoms with van der Waals surface area (Å²) in [6.45, 7) is 9.00. The van der Waals surface area contributed by atoms with Crippen LogP contribution in [0.4, 0.5) is 0 Å². The molecule has 5 nitrogen and oxygen atoms in total. The molecule has 0 unspecified atom stereocenters. The topological polar surface area (TPSA) is 84.7 Å². The van der Waals surface area contributed by atoms with Gasteiger partial charge in [0.25, 0.3) is 0 Å². The Balaban J connectivity index is 2.21. The van der Waals surface area contributed by atoms with Crippen molar-refractivity contribution in [1.82, 2.24) is 15.5 Å². The van der Waals surface area contributed by atoms with Crippen LogP contribution < -0.4 is 5.32 Å². The number of hydrogen-bond donors (Lipinski definition) is 3. The number of hydrogen-bond acceptors (Lipinski definition) is 4. The van der Waals surface area contributed by atoms with Crippen molar-refractivity contribution in [3.05, 3.63) is 29.5 Å². The number of aliphatic hydroxyl groups excluding tert-OH is 1. The number of nitriles is 1. The Morgan fingerprint density at radius 2 is 2.14 bits per heavy atom. The zero-order valence-electron chi connectivity index (χ0n) is 12.9. The fraction of sp³-hybridized carbons (Fsp3) is 0.500. The highest BCUT2D eigenvalue weighted by Gasteiger charge is 2.21. The number of aromatic amines is 1. The molecule has 2 atom stereocenters. The van der Waals surface area contributed by atoms with Crippen LogP contribution in [0.1, 0.15) is 44.9 Å². The van der Waals surface area contributed by atoms with Crippen LogP contribution in [0.25, 0.3) is 10.9 Å². The maximum atomic E-state index is 10.5. The molecule has 0 saturated carbocycles. The van der Waals surface area contributed by atoms with Gasteiger partial charge in [0.2, 0.25) is 0 Å². The van der Waals surface area contributed by atoms with Crippen molar-refractivity contribution in [3.63, 3.8) is 0 Å². The third-order valence-corrected chi connectivity index (χ3v) is 4.00. The van der Waals surface area contributed by atoms with E-state index >= 15 is 0 Å². The van der Waals surface area contributed by atoms with Gasteiger partial charge in [0, 0.05) is 18.0 Å². The van der Waals surface area contributed by atoms with Gasteiger partial charge in [-0.1, -0.05) is 20.8 Å². The molecule has 0 spiro atoms. The normalized spacial score (nSPS) is 14.9. The minimum atomic E-state index is -0.678. The smallest absolute Gasteiger partial charge is 0.0992 e. The van der Waals surface area contributed by atoms with Crippen molar-refractivity contribution >= 4 is 10.9 Å². The van der Waals surface area contributed by atoms with E-state index < -0.39 is 6.10 Å². The van der Waals surface area contributed by atoms with E-state index in [1.807, 2.05) is 0 Å². The van der Waals surface area contributed by atoms with Crippen LogP contribution in [-0.4, -0.2) is 27.9 Å². The summed E-state index contributed by atoms with van der Waals surface area (Å²) in [7, 11) is 0. The van der Waals surface area contributed by atoms with Crippen LogP contribution in [-0.2, 0) is 0 Å². The molecule has 112 valence electrons. The first kappa shape index (κ1) is 15.5. The second-order valence-corrected chi connectivity index (χ2v) is 6.52. The van der Waals surface area contributed by atoms with Gasteiger partial charge < -0.3 is 10.4 Å². The monoisotopic (exact) mass is 286 g/mol. The lowest BCUT2D eigenvalue weighted by molar-refractivity contribution is 0.159. The highest BCUT2D eigenvalue weighted by atomic mass is 16.3. The molecule has 3 N–H and O–H groups in total. The highest BCUT2D eigenvalue weighted by molar-refractivity contribution is 5.83. The Labute approximate surface area is 125 Å². The number of nitrogens with one attached hydrogen (secondary N) is 2. The van der Waals surface area contributed by atoms with Gasteiger partial charge in [-0.15, -0.1) is 0 Å². The number of benzene rings is 1. The van der Waals surface area contributed by atoms with Crippen LogP contribution in [0.5, 0.6) is 0 Å². The number of nitrogens with zero attached hydrogens (tertiary/aromatic N) is 2. The Morgan fingerprint density at radius 3 is 2.76 bits per heavy atom. The van der Waals surface area contributed by atoms with E-state index in [2.05, 4.69) is 49.3 Å². The van der Waals surface area contributed by atoms with Crippen LogP contribution in [0.2, 0.25) is 0 Å². The first-order valence-corrected chi connectivity index (χ1v) is 7.11. The Hall–Kier alpha value is -1.90. The molecule has 5 heteroatoms. The van der Waals surface area contributed by atoms with Crippen LogP contribution in [0.3, 0.4) is 0 Å². The third-order valence-electron chi connectivity index (χ3n) is 4.00. The van der Waals surface area contributed by atoms with Crippen molar-refractivity contribution in [2.75, 3.05) is 6.54 Å². The maximum Gasteiger partial charge on any atom is 0.0992 e. The molecule has 2 rings (SSSR count). The van der Waals surface area contributed by atoms with E-state index in [4.69, 9.17) is 5.26 Å². The quantitative estimate of drug-likeness (QED) is 0.806. The lowest BCUT2D eigenvalue weighted by atomic mass is 9.88. The van der Waals surface area contributed by atoms with Gasteiger partial charge in [0.15, 0.2) is 0 Å². The zero-order chi connectivity index (χ0) is 15.6. The van der Waals surface area contributed by atoms with Crippen molar-refractivity contribution in [2.45, 2.75) is 39.8 Å². The SMILES string of the molecule is C[C@H](NC[C@H](O)c1cc(C#N)cc2[nH]ncc12)C(C)(C)C. The lowest BCUT2D eigenvalue weighted by Crippen LogP contribution is -2.39. The number of aromatic nitrogens is 2. The van der Waals surface area contributed by atoms with E-state index in [0.717, 1.165) is 16.5 Å². The largest absolute Gasteiger partial charge is 0.387 e. The molecule has 2 aromatic rings. The first-order valence-electron chi connectivity index (χ1n) is 7.11. The van der Waals surface area contributed by atoms with Crippen molar-refractivity contribution in [3.8, 4) is 6.07 Å². The molecule has 0 aliphatic carbocycles. The van der Waals surface area contributed by atoms with Gasteiger partial charge in [0.05, 0.1) is 29.5 Å². The Bertz CT molecular complexity index is 663. The molecular formula is C16H22N4O. The van der Waals surface area contributed by atoms with Gasteiger partial charge in [-0.25, -0.2) is 0 Å². The number of rotatable bonds is 4. The summed E-state index contributed by atoms with van der Waals surface area (Å²) in [5, 5.41) is 30.6. The average Bonchev–Trinajstić information content (AvgIpc) is 2.90. The number of H-pyrrole nitrogens is 1. The fourth-order valence-corrected chi connectivity index (χ4v) is 2.12. The average molecular weight is 286 g/mol. The van der Waals surface area contributed by atoms with Crippen molar-refractivity contribution in [2.24, 2.45) is 5.41 Å². The third kappa shape index (κ3) is 3.41. The molecule has 1 aromatic heterocycles. The lowest BCUT2D eigenvalue weighted by Gasteiger charge is -2.29. The van der Waals surface area contributed by atoms with E-state index in [1.54, 1.807) is 18.3 Å². The highest BCUT2D eigenvalue weighted by Crippen LogP contribution is 2.25. The summed E-state index contributed by atoms with van der Waals surface area (Å²) < 4.78 is 0. The predicted octanol–water partition coefficient (Wildman–Crippen LogP) is 2.49. The summed E-state index contributed by atoms with van der Waals surface area (Å²) in [5.74, 6) is 0. The summed E-state index contributed by atoms with van der Waals surface area (Å²) in [5.41, 5.74) is 2.14. The van der Waals surface area contributed by atoms with E-state index in [0.29, 0.717) is 12.1 Å². The molecular weight excluding hydrogens is 264 g/mol. The van der Waals surface area contributed by atoms with Gasteiger partial charge in [-0.2, -0.15) is 10.4 Å². The van der Waals surface area contributed by atoms with E-state index in [9.17, 15) is 5.11 Å². The molecule has 21 heavy (non-hydrogen) atoms. The van der Waals surface area contributed by atoms with Crippen LogP contribution in [0.15, 0.2) is 18.3 Å². The second-order valence-electron chi connectivity index (χ2n) is 6.52. The van der Waals surface area contributed by atoms with Crippen LogP contribution in [0, 0.1) is 16.7 Å². The first-order chi connectivity index (χ1) is 9.82. The second kappa shape index (κ2) is 5.84. The Kier molecular flexibility index (Phi) is 4.31. The zero-order valence-corrected chi connectivity index (χ0v) is 12.9. The van der Waals surface area contributed by atoms with Crippen molar-refractivity contribution in [1.29, 1.82) is 5.26 Å². The summed E-state index contributed by atoms with van der Waals surface area (Å²) in [4.78, 5) is 0. The molecule has 0 amide bonds. The summed E-state index contributed by atoms with van der Waals surface area (Å²) >= 11 is 0. The predicted molar refractivity (Wildman–Crippen MR) is 82.7 cm³/mol. The van der Waals surface area contributed by atoms with E-state index in [1.165, 1.54) is 0 Å². The van der Waals surface area contributed by atoms with Crippen molar-refractivity contribution < 1.29 is 5.11 Å². The number of aliphatic hydroxyl groups is 1. The molecule has 1 aromatic carbocycles. The van der Waals surface area contributed by atoms with Crippen LogP contribution >= 0.6 is 0 Å². The molecule has 1 heterocycles. The molecule has 0 radical (unpaired) electrons. The number of fused-ring (bicyclic) bond motifs is 1. The van der Waals surface area contributed by atoms with Gasteiger partial charge >= 0.3 is 0 Å².